The maximum absolute atomic E-state index is 13.8. The number of urea groups is 1. The number of hydrogen-bond acceptors (Lipinski definition) is 3. The van der Waals surface area contributed by atoms with E-state index in [1.54, 1.807) is 13.0 Å². The van der Waals surface area contributed by atoms with Crippen molar-refractivity contribution in [2.75, 3.05) is 17.7 Å². The minimum Gasteiger partial charge on any atom is -0.494 e. The van der Waals surface area contributed by atoms with Crippen LogP contribution in [0.3, 0.4) is 0 Å². The van der Waals surface area contributed by atoms with Gasteiger partial charge < -0.3 is 20.7 Å². The molecule has 2 aromatic rings. The molecule has 0 radical (unpaired) electrons. The second kappa shape index (κ2) is 8.28. The summed E-state index contributed by atoms with van der Waals surface area (Å²) in [4.78, 5) is 23.2. The van der Waals surface area contributed by atoms with E-state index in [1.165, 1.54) is 38.3 Å². The van der Waals surface area contributed by atoms with Crippen LogP contribution in [0.4, 0.5) is 25.0 Å². The monoisotopic (exact) mass is 363 g/mol. The summed E-state index contributed by atoms with van der Waals surface area (Å²) in [5, 5.41) is 7.45. The predicted octanol–water partition coefficient (Wildman–Crippen LogP) is 3.81. The van der Waals surface area contributed by atoms with Crippen molar-refractivity contribution in [2.24, 2.45) is 0 Å². The zero-order chi connectivity index (χ0) is 19.3. The number of carbonyl (C=O) groups excluding carboxylic acids is 2. The molecule has 3 N–H and O–H groups in total. The van der Waals surface area contributed by atoms with Crippen LogP contribution in [0.2, 0.25) is 0 Å². The Balaban J connectivity index is 2.06. The average molecular weight is 363 g/mol. The fraction of sp³-hybridized carbons (Fsp3) is 0.222. The van der Waals surface area contributed by atoms with E-state index < -0.39 is 23.7 Å². The van der Waals surface area contributed by atoms with E-state index in [9.17, 15) is 18.4 Å². The van der Waals surface area contributed by atoms with Crippen molar-refractivity contribution in [3.63, 3.8) is 0 Å². The number of halogens is 2. The summed E-state index contributed by atoms with van der Waals surface area (Å²) in [7, 11) is 1.36. The van der Waals surface area contributed by atoms with E-state index in [0.717, 1.165) is 6.07 Å². The molecule has 1 atom stereocenters. The fourth-order valence-electron chi connectivity index (χ4n) is 2.29. The third-order valence-electron chi connectivity index (χ3n) is 3.56. The largest absolute Gasteiger partial charge is 0.494 e. The molecule has 0 fully saturated rings. The molecule has 0 aliphatic heterocycles. The van der Waals surface area contributed by atoms with Crippen LogP contribution < -0.4 is 20.7 Å². The third-order valence-corrected chi connectivity index (χ3v) is 3.56. The highest BCUT2D eigenvalue weighted by Gasteiger charge is 2.14. The summed E-state index contributed by atoms with van der Waals surface area (Å²) in [6.07, 6.45) is 0. The second-order valence-electron chi connectivity index (χ2n) is 5.59. The van der Waals surface area contributed by atoms with Gasteiger partial charge in [-0.2, -0.15) is 0 Å². The molecule has 6 nitrogen and oxygen atoms in total. The van der Waals surface area contributed by atoms with Crippen molar-refractivity contribution in [3.05, 3.63) is 53.6 Å². The highest BCUT2D eigenvalue weighted by Crippen LogP contribution is 2.23. The predicted molar refractivity (Wildman–Crippen MR) is 94.2 cm³/mol. The molecular weight excluding hydrogens is 344 g/mol. The zero-order valence-corrected chi connectivity index (χ0v) is 14.5. The number of methoxy groups -OCH3 is 1. The minimum atomic E-state index is -0.674. The molecule has 0 saturated heterocycles. The average Bonchev–Trinajstić information content (AvgIpc) is 2.57. The van der Waals surface area contributed by atoms with Crippen molar-refractivity contribution in [1.82, 2.24) is 5.32 Å². The number of carbonyl (C=O) groups is 2. The second-order valence-corrected chi connectivity index (χ2v) is 5.59. The maximum Gasteiger partial charge on any atom is 0.319 e. The molecule has 1 unspecified atom stereocenters. The van der Waals surface area contributed by atoms with Gasteiger partial charge in [0.2, 0.25) is 5.91 Å². The fourth-order valence-corrected chi connectivity index (χ4v) is 2.29. The van der Waals surface area contributed by atoms with Crippen molar-refractivity contribution in [1.29, 1.82) is 0 Å². The molecular formula is C18H19F2N3O3. The molecule has 0 saturated carbocycles. The Labute approximate surface area is 149 Å². The van der Waals surface area contributed by atoms with Crippen LogP contribution in [0.25, 0.3) is 0 Å². The Kier molecular flexibility index (Phi) is 6.11. The van der Waals surface area contributed by atoms with Crippen LogP contribution in [-0.2, 0) is 4.79 Å². The third kappa shape index (κ3) is 4.92. The van der Waals surface area contributed by atoms with Gasteiger partial charge in [-0.1, -0.05) is 6.07 Å². The van der Waals surface area contributed by atoms with Crippen molar-refractivity contribution >= 4 is 23.3 Å². The van der Waals surface area contributed by atoms with E-state index >= 15 is 0 Å². The molecule has 0 spiro atoms. The normalized spacial score (nSPS) is 11.4. The Hall–Kier alpha value is -3.16. The molecule has 0 aliphatic carbocycles. The molecule has 2 rings (SSSR count). The van der Waals surface area contributed by atoms with Crippen LogP contribution >= 0.6 is 0 Å². The first-order valence-electron chi connectivity index (χ1n) is 7.78. The van der Waals surface area contributed by atoms with E-state index in [4.69, 9.17) is 4.74 Å². The van der Waals surface area contributed by atoms with Gasteiger partial charge in [0.05, 0.1) is 18.8 Å². The standard InChI is InChI=1S/C18H19F2N3O3/c1-10(12-4-7-17(26-3)15(20)8-12)21-18(25)23-16-9-13(22-11(2)24)5-6-14(16)19/h4-10H,1-3H3,(H,22,24)(H2,21,23,25). The lowest BCUT2D eigenvalue weighted by Crippen LogP contribution is -2.31. The summed E-state index contributed by atoms with van der Waals surface area (Å²) in [6, 6.07) is 6.92. The lowest BCUT2D eigenvalue weighted by molar-refractivity contribution is -0.114. The van der Waals surface area contributed by atoms with Crippen molar-refractivity contribution in [2.45, 2.75) is 19.9 Å². The Morgan fingerprint density at radius 2 is 1.77 bits per heavy atom. The number of rotatable bonds is 5. The number of benzene rings is 2. The van der Waals surface area contributed by atoms with Crippen LogP contribution in [-0.4, -0.2) is 19.0 Å². The van der Waals surface area contributed by atoms with Crippen LogP contribution in [0.15, 0.2) is 36.4 Å². The lowest BCUT2D eigenvalue weighted by atomic mass is 10.1. The molecule has 3 amide bonds. The summed E-state index contributed by atoms with van der Waals surface area (Å²) in [5.41, 5.74) is 0.771. The van der Waals surface area contributed by atoms with Crippen LogP contribution in [0, 0.1) is 11.6 Å². The van der Waals surface area contributed by atoms with Gasteiger partial charge >= 0.3 is 6.03 Å². The Morgan fingerprint density at radius 3 is 2.38 bits per heavy atom. The Morgan fingerprint density at radius 1 is 1.04 bits per heavy atom. The van der Waals surface area contributed by atoms with E-state index in [2.05, 4.69) is 16.0 Å². The summed E-state index contributed by atoms with van der Waals surface area (Å²) >= 11 is 0. The molecule has 2 aromatic carbocycles. The van der Waals surface area contributed by atoms with Gasteiger partial charge in [-0.25, -0.2) is 13.6 Å². The lowest BCUT2D eigenvalue weighted by Gasteiger charge is -2.16. The minimum absolute atomic E-state index is 0.0955. The molecule has 0 bridgehead atoms. The first-order valence-corrected chi connectivity index (χ1v) is 7.78. The van der Waals surface area contributed by atoms with Gasteiger partial charge in [-0.05, 0) is 42.8 Å². The summed E-state index contributed by atoms with van der Waals surface area (Å²) in [5.74, 6) is -1.42. The van der Waals surface area contributed by atoms with Crippen LogP contribution in [0.5, 0.6) is 5.75 Å². The zero-order valence-electron chi connectivity index (χ0n) is 14.5. The number of hydrogen-bond donors (Lipinski definition) is 3. The number of ether oxygens (including phenoxy) is 1. The van der Waals surface area contributed by atoms with Crippen molar-refractivity contribution in [3.8, 4) is 5.75 Å². The number of anilines is 2. The topological polar surface area (TPSA) is 79.5 Å². The van der Waals surface area contributed by atoms with Crippen molar-refractivity contribution < 1.29 is 23.1 Å². The molecule has 26 heavy (non-hydrogen) atoms. The van der Waals surface area contributed by atoms with E-state index in [0.29, 0.717) is 11.3 Å². The SMILES string of the molecule is COc1ccc(C(C)NC(=O)Nc2cc(NC(C)=O)ccc2F)cc1F. The van der Waals surface area contributed by atoms with E-state index in [-0.39, 0.29) is 17.3 Å². The van der Waals surface area contributed by atoms with Gasteiger partial charge in [0, 0.05) is 12.6 Å². The van der Waals surface area contributed by atoms with Gasteiger partial charge in [0.15, 0.2) is 11.6 Å². The molecule has 8 heteroatoms. The van der Waals surface area contributed by atoms with E-state index in [1.807, 2.05) is 0 Å². The Bertz CT molecular complexity index is 827. The molecule has 0 heterocycles. The number of amides is 3. The van der Waals surface area contributed by atoms with Gasteiger partial charge in [0.25, 0.3) is 0 Å². The van der Waals surface area contributed by atoms with Gasteiger partial charge in [-0.3, -0.25) is 4.79 Å². The quantitative estimate of drug-likeness (QED) is 0.756. The van der Waals surface area contributed by atoms with Gasteiger partial charge in [0.1, 0.15) is 5.82 Å². The summed E-state index contributed by atoms with van der Waals surface area (Å²) < 4.78 is 32.4. The highest BCUT2D eigenvalue weighted by molar-refractivity contribution is 5.92. The first kappa shape index (κ1) is 19.2. The molecule has 0 aliphatic rings. The summed E-state index contributed by atoms with van der Waals surface area (Å²) in [6.45, 7) is 2.98. The smallest absolute Gasteiger partial charge is 0.319 e. The maximum atomic E-state index is 13.8. The highest BCUT2D eigenvalue weighted by atomic mass is 19.1. The number of nitrogens with one attached hydrogen (secondary N) is 3. The molecule has 138 valence electrons. The van der Waals surface area contributed by atoms with Gasteiger partial charge in [-0.15, -0.1) is 0 Å². The molecule has 0 aromatic heterocycles. The first-order chi connectivity index (χ1) is 12.3. The van der Waals surface area contributed by atoms with Crippen LogP contribution in [0.1, 0.15) is 25.5 Å².